The molecular formula is C52H34N4. The average molecular weight is 715 g/mol. The molecule has 0 saturated heterocycles. The predicted octanol–water partition coefficient (Wildman–Crippen LogP) is 13.2. The van der Waals surface area contributed by atoms with Gasteiger partial charge in [0.2, 0.25) is 0 Å². The van der Waals surface area contributed by atoms with Gasteiger partial charge in [-0.05, 0) is 57.6 Å². The quantitative estimate of drug-likeness (QED) is 0.165. The molecule has 8 aromatic carbocycles. The van der Waals surface area contributed by atoms with Gasteiger partial charge in [-0.1, -0.05) is 182 Å². The second-order valence-corrected chi connectivity index (χ2v) is 13.8. The molecule has 0 amide bonds. The number of hydrogen-bond donors (Lipinski definition) is 0. The summed E-state index contributed by atoms with van der Waals surface area (Å²) >= 11 is 0. The topological polar surface area (TPSA) is 51.6 Å². The molecule has 0 spiro atoms. The van der Waals surface area contributed by atoms with Crippen LogP contribution in [0.5, 0.6) is 0 Å². The molecule has 0 atom stereocenters. The normalized spacial score (nSPS) is 11.2. The van der Waals surface area contributed by atoms with Crippen molar-refractivity contribution in [2.75, 3.05) is 0 Å². The molecule has 4 nitrogen and oxygen atoms in total. The maximum absolute atomic E-state index is 5.21. The van der Waals surface area contributed by atoms with Crippen LogP contribution in [0.25, 0.3) is 100 Å². The molecule has 10 rings (SSSR count). The summed E-state index contributed by atoms with van der Waals surface area (Å²) in [4.78, 5) is 20.6. The zero-order valence-electron chi connectivity index (χ0n) is 30.4. The van der Waals surface area contributed by atoms with Crippen molar-refractivity contribution in [3.05, 3.63) is 206 Å². The van der Waals surface area contributed by atoms with E-state index in [-0.39, 0.29) is 0 Å². The van der Waals surface area contributed by atoms with Gasteiger partial charge in [0.15, 0.2) is 11.6 Å². The first-order valence-corrected chi connectivity index (χ1v) is 18.8. The molecule has 0 aliphatic heterocycles. The third-order valence-electron chi connectivity index (χ3n) is 10.3. The molecular weight excluding hydrogens is 681 g/mol. The fourth-order valence-electron chi connectivity index (χ4n) is 7.65. The van der Waals surface area contributed by atoms with Crippen molar-refractivity contribution in [1.82, 2.24) is 19.9 Å². The highest BCUT2D eigenvalue weighted by atomic mass is 14.9. The van der Waals surface area contributed by atoms with E-state index in [4.69, 9.17) is 19.9 Å². The lowest BCUT2D eigenvalue weighted by Gasteiger charge is -2.18. The van der Waals surface area contributed by atoms with Gasteiger partial charge in [-0.2, -0.15) is 0 Å². The lowest BCUT2D eigenvalue weighted by molar-refractivity contribution is 1.23. The summed E-state index contributed by atoms with van der Waals surface area (Å²) in [5.41, 5.74) is 14.4. The highest BCUT2D eigenvalue weighted by molar-refractivity contribution is 5.98. The minimum absolute atomic E-state index is 0.688. The second kappa shape index (κ2) is 14.3. The van der Waals surface area contributed by atoms with E-state index in [1.54, 1.807) is 0 Å². The van der Waals surface area contributed by atoms with Crippen LogP contribution in [0, 0.1) is 0 Å². The van der Waals surface area contributed by atoms with Crippen LogP contribution in [0.2, 0.25) is 0 Å². The van der Waals surface area contributed by atoms with E-state index in [1.807, 2.05) is 36.4 Å². The number of rotatable bonds is 7. The standard InChI is InChI=1S/C52H34N4/c1-4-17-35(18-5-1)42-29-16-30-43(38-23-14-25-40(33-38)51-53-46-31-12-10-27-44(46)49(55-51)36-19-6-2-7-20-36)48(42)39-24-15-26-41(34-39)52-54-47-32-13-11-28-45(47)50(56-52)37-21-8-3-9-22-37/h1-34H. The highest BCUT2D eigenvalue weighted by Gasteiger charge is 2.18. The number of aromatic nitrogens is 4. The molecule has 262 valence electrons. The summed E-state index contributed by atoms with van der Waals surface area (Å²) in [5, 5.41) is 2.06. The molecule has 56 heavy (non-hydrogen) atoms. The van der Waals surface area contributed by atoms with Crippen molar-refractivity contribution in [3.63, 3.8) is 0 Å². The van der Waals surface area contributed by atoms with Crippen LogP contribution in [0.1, 0.15) is 0 Å². The molecule has 2 aromatic heterocycles. The van der Waals surface area contributed by atoms with E-state index in [0.717, 1.165) is 88.8 Å². The fourth-order valence-corrected chi connectivity index (χ4v) is 7.65. The minimum atomic E-state index is 0.688. The summed E-state index contributed by atoms with van der Waals surface area (Å²) in [6.45, 7) is 0. The molecule has 10 aromatic rings. The van der Waals surface area contributed by atoms with Crippen LogP contribution < -0.4 is 0 Å². The van der Waals surface area contributed by atoms with E-state index in [2.05, 4.69) is 170 Å². The Balaban J connectivity index is 1.14. The first-order chi connectivity index (χ1) is 27.8. The smallest absolute Gasteiger partial charge is 0.160 e. The van der Waals surface area contributed by atoms with Gasteiger partial charge in [0.1, 0.15) is 0 Å². The van der Waals surface area contributed by atoms with Crippen molar-refractivity contribution in [3.8, 4) is 78.7 Å². The van der Waals surface area contributed by atoms with Gasteiger partial charge < -0.3 is 0 Å². The molecule has 0 bridgehead atoms. The van der Waals surface area contributed by atoms with Crippen LogP contribution in [0.15, 0.2) is 206 Å². The van der Waals surface area contributed by atoms with Crippen LogP contribution in [0.4, 0.5) is 0 Å². The van der Waals surface area contributed by atoms with Gasteiger partial charge in [0.25, 0.3) is 0 Å². The first kappa shape index (κ1) is 33.0. The molecule has 0 saturated carbocycles. The Hall–Kier alpha value is -7.56. The third-order valence-corrected chi connectivity index (χ3v) is 10.3. The minimum Gasteiger partial charge on any atom is -0.228 e. The number of nitrogens with zero attached hydrogens (tertiary/aromatic N) is 4. The van der Waals surface area contributed by atoms with E-state index in [1.165, 1.54) is 0 Å². The monoisotopic (exact) mass is 714 g/mol. The van der Waals surface area contributed by atoms with Crippen molar-refractivity contribution in [1.29, 1.82) is 0 Å². The van der Waals surface area contributed by atoms with Crippen LogP contribution in [0.3, 0.4) is 0 Å². The zero-order valence-corrected chi connectivity index (χ0v) is 30.4. The van der Waals surface area contributed by atoms with Gasteiger partial charge in [0.05, 0.1) is 22.4 Å². The van der Waals surface area contributed by atoms with Gasteiger partial charge in [-0.25, -0.2) is 19.9 Å². The van der Waals surface area contributed by atoms with E-state index in [9.17, 15) is 0 Å². The van der Waals surface area contributed by atoms with Crippen LogP contribution in [-0.4, -0.2) is 19.9 Å². The SMILES string of the molecule is c1ccc(-c2cccc(-c3cccc(-c4nc(-c5ccccc5)c5ccccc5n4)c3)c2-c2cccc(-c3nc(-c4ccccc4)c4ccccc4n3)c2)cc1. The van der Waals surface area contributed by atoms with Gasteiger partial charge in [0, 0.05) is 33.0 Å². The lowest BCUT2D eigenvalue weighted by Crippen LogP contribution is -1.97. The van der Waals surface area contributed by atoms with Crippen molar-refractivity contribution in [2.45, 2.75) is 0 Å². The molecule has 0 unspecified atom stereocenters. The van der Waals surface area contributed by atoms with Gasteiger partial charge >= 0.3 is 0 Å². The Morgan fingerprint density at radius 3 is 1.16 bits per heavy atom. The molecule has 2 heterocycles. The van der Waals surface area contributed by atoms with Crippen molar-refractivity contribution in [2.24, 2.45) is 0 Å². The summed E-state index contributed by atoms with van der Waals surface area (Å²) in [7, 11) is 0. The van der Waals surface area contributed by atoms with Crippen molar-refractivity contribution >= 4 is 21.8 Å². The van der Waals surface area contributed by atoms with Crippen LogP contribution >= 0.6 is 0 Å². The summed E-state index contributed by atoms with van der Waals surface area (Å²) < 4.78 is 0. The lowest BCUT2D eigenvalue weighted by atomic mass is 9.86. The van der Waals surface area contributed by atoms with Crippen LogP contribution in [-0.2, 0) is 0 Å². The number of para-hydroxylation sites is 2. The average Bonchev–Trinajstić information content (AvgIpc) is 3.29. The highest BCUT2D eigenvalue weighted by Crippen LogP contribution is 2.42. The number of fused-ring (bicyclic) bond motifs is 2. The molecule has 0 aliphatic carbocycles. The first-order valence-electron chi connectivity index (χ1n) is 18.8. The van der Waals surface area contributed by atoms with Gasteiger partial charge in [-0.15, -0.1) is 0 Å². The largest absolute Gasteiger partial charge is 0.228 e. The molecule has 0 N–H and O–H groups in total. The Labute approximate surface area is 325 Å². The Bertz CT molecular complexity index is 3010. The third kappa shape index (κ3) is 6.19. The fraction of sp³-hybridized carbons (Fsp3) is 0. The molecule has 0 fully saturated rings. The Morgan fingerprint density at radius 1 is 0.250 bits per heavy atom. The van der Waals surface area contributed by atoms with E-state index in [0.29, 0.717) is 11.6 Å². The maximum Gasteiger partial charge on any atom is 0.160 e. The summed E-state index contributed by atoms with van der Waals surface area (Å²) in [5.74, 6) is 1.38. The Morgan fingerprint density at radius 2 is 0.625 bits per heavy atom. The summed E-state index contributed by atoms with van der Waals surface area (Å²) in [6.07, 6.45) is 0. The molecule has 0 radical (unpaired) electrons. The molecule has 4 heteroatoms. The number of hydrogen-bond acceptors (Lipinski definition) is 4. The van der Waals surface area contributed by atoms with Crippen molar-refractivity contribution < 1.29 is 0 Å². The van der Waals surface area contributed by atoms with E-state index >= 15 is 0 Å². The second-order valence-electron chi connectivity index (χ2n) is 13.8. The number of benzene rings is 8. The zero-order chi connectivity index (χ0) is 37.3. The molecule has 0 aliphatic rings. The van der Waals surface area contributed by atoms with E-state index < -0.39 is 0 Å². The van der Waals surface area contributed by atoms with Gasteiger partial charge in [-0.3, -0.25) is 0 Å². The Kier molecular flexibility index (Phi) is 8.47. The predicted molar refractivity (Wildman–Crippen MR) is 231 cm³/mol. The maximum atomic E-state index is 5.21. The summed E-state index contributed by atoms with van der Waals surface area (Å²) in [6, 6.07) is 71.6.